The Morgan fingerprint density at radius 2 is 2.00 bits per heavy atom. The predicted octanol–water partition coefficient (Wildman–Crippen LogP) is 2.63. The summed E-state index contributed by atoms with van der Waals surface area (Å²) in [6.45, 7) is 2.19. The van der Waals surface area contributed by atoms with E-state index in [1.165, 1.54) is 12.0 Å². The van der Waals surface area contributed by atoms with Crippen LogP contribution in [0.4, 0.5) is 0 Å². The van der Waals surface area contributed by atoms with Crippen molar-refractivity contribution < 1.29 is 44.2 Å². The standard InChI is InChI=1S/C9H12Xe/c1-8-5-3-4-6-9(8)7-10-2/h3-6H,7H2,1-2H3. The van der Waals surface area contributed by atoms with E-state index in [9.17, 15) is 0 Å². The summed E-state index contributed by atoms with van der Waals surface area (Å²) in [6, 6.07) is 8.64. The minimum absolute atomic E-state index is 0.563. The molecule has 1 aromatic rings. The van der Waals surface area contributed by atoms with Crippen molar-refractivity contribution in [2.75, 3.05) is 0 Å². The topological polar surface area (TPSA) is 0 Å². The maximum absolute atomic E-state index is 2.30. The molecule has 0 aliphatic rings. The molecule has 0 saturated heterocycles. The van der Waals surface area contributed by atoms with E-state index in [2.05, 4.69) is 32.6 Å². The molecule has 0 saturated carbocycles. The van der Waals surface area contributed by atoms with Crippen molar-refractivity contribution in [3.63, 3.8) is 0 Å². The molecule has 0 amide bonds. The molecule has 0 unspecified atom stereocenters. The van der Waals surface area contributed by atoms with Crippen LogP contribution in [0.3, 0.4) is 0 Å². The Bertz CT molecular complexity index is 206. The third kappa shape index (κ3) is 2.44. The van der Waals surface area contributed by atoms with E-state index < -0.39 is 0 Å². The van der Waals surface area contributed by atoms with E-state index in [0.717, 1.165) is 0 Å². The van der Waals surface area contributed by atoms with Gasteiger partial charge in [0.1, 0.15) is 0 Å². The van der Waals surface area contributed by atoms with Crippen molar-refractivity contribution in [1.29, 1.82) is 0 Å². The van der Waals surface area contributed by atoms with E-state index in [4.69, 9.17) is 0 Å². The van der Waals surface area contributed by atoms with E-state index in [1.807, 2.05) is 0 Å². The Balaban J connectivity index is 2.81. The van der Waals surface area contributed by atoms with Gasteiger partial charge in [0, 0.05) is 0 Å². The molecule has 10 heavy (non-hydrogen) atoms. The van der Waals surface area contributed by atoms with Crippen LogP contribution < -0.4 is 0 Å². The molecule has 1 aromatic carbocycles. The Labute approximate surface area is 87.3 Å². The second-order valence-corrected chi connectivity index (χ2v) is 4.44. The van der Waals surface area contributed by atoms with Gasteiger partial charge in [-0.1, -0.05) is 0 Å². The van der Waals surface area contributed by atoms with E-state index in [-0.39, 0.29) is 0 Å². The Morgan fingerprint density at radius 1 is 1.30 bits per heavy atom. The molecular weight excluding hydrogens is 239 g/mol. The molecule has 56 valence electrons. The van der Waals surface area contributed by atoms with Crippen molar-refractivity contribution >= 4 is 0 Å². The normalized spacial score (nSPS) is 10.2. The number of aryl methyl sites for hydroxylation is 1. The zero-order valence-electron chi connectivity index (χ0n) is 6.37. The summed E-state index contributed by atoms with van der Waals surface area (Å²) in [6.07, 6.45) is 0. The van der Waals surface area contributed by atoms with Gasteiger partial charge >= 0.3 is 88.8 Å². The summed E-state index contributed by atoms with van der Waals surface area (Å²) in [5.74, 6) is 0. The minimum atomic E-state index is 0.563. The molecule has 0 aliphatic heterocycles. The average molecular weight is 251 g/mol. The molecule has 0 bridgehead atoms. The summed E-state index contributed by atoms with van der Waals surface area (Å²) in [4.78, 5) is 0. The molecule has 0 fully saturated rings. The predicted molar refractivity (Wildman–Crippen MR) is 40.7 cm³/mol. The first-order chi connectivity index (χ1) is 4.84. The van der Waals surface area contributed by atoms with Crippen molar-refractivity contribution in [3.05, 3.63) is 35.4 Å². The van der Waals surface area contributed by atoms with Crippen LogP contribution in [0, 0.1) is 51.1 Å². The van der Waals surface area contributed by atoms with Gasteiger partial charge < -0.3 is 0 Å². The van der Waals surface area contributed by atoms with Crippen LogP contribution in [0.1, 0.15) is 11.1 Å². The number of hydrogen-bond donors (Lipinski definition) is 0. The molecule has 0 spiro atoms. The van der Waals surface area contributed by atoms with Gasteiger partial charge in [0.15, 0.2) is 0 Å². The second-order valence-electron chi connectivity index (χ2n) is 2.30. The monoisotopic (exact) mass is 252 g/mol. The molecule has 1 rings (SSSR count). The van der Waals surface area contributed by atoms with Crippen LogP contribution in [-0.2, 0) is 0.889 Å². The SMILES string of the molecule is C[Xe]Cc1ccccc1C. The van der Waals surface area contributed by atoms with Gasteiger partial charge in [0.25, 0.3) is 0 Å². The summed E-state index contributed by atoms with van der Waals surface area (Å²) in [5.41, 5.74) is 2.97. The zero-order valence-corrected chi connectivity index (χ0v) is 8.39. The molecule has 0 aliphatic carbocycles. The van der Waals surface area contributed by atoms with E-state index in [1.54, 1.807) is 0 Å². The fraction of sp³-hybridized carbons (Fsp3) is 0.333. The maximum atomic E-state index is 2.30. The van der Waals surface area contributed by atoms with Gasteiger partial charge in [-0.15, -0.1) is 0 Å². The summed E-state index contributed by atoms with van der Waals surface area (Å²) in [5, 5.41) is 0. The third-order valence-corrected chi connectivity index (χ3v) is 3.00. The van der Waals surface area contributed by atoms with Crippen molar-refractivity contribution in [1.82, 2.24) is 0 Å². The van der Waals surface area contributed by atoms with Gasteiger partial charge in [0.05, 0.1) is 0 Å². The molecule has 0 aromatic heterocycles. The van der Waals surface area contributed by atoms with Crippen LogP contribution >= 0.6 is 0 Å². The van der Waals surface area contributed by atoms with Crippen LogP contribution in [0.2, 0.25) is 1.39 Å². The Morgan fingerprint density at radius 3 is 2.60 bits per heavy atom. The van der Waals surface area contributed by atoms with Crippen LogP contribution in [0.5, 0.6) is 0 Å². The fourth-order valence-electron chi connectivity index (χ4n) is 0.885. The average Bonchev–Trinajstić information content (AvgIpc) is 1.94. The Hall–Kier alpha value is 0.791. The molecule has 0 heterocycles. The van der Waals surface area contributed by atoms with E-state index in [0.29, 0.717) is 44.2 Å². The molecule has 0 atom stereocenters. The number of rotatable bonds is 2. The number of hydrogen-bond acceptors (Lipinski definition) is 0. The van der Waals surface area contributed by atoms with Crippen molar-refractivity contribution in [2.24, 2.45) is 0 Å². The van der Waals surface area contributed by atoms with Gasteiger partial charge in [-0.2, -0.15) is 0 Å². The molecule has 1 heteroatoms. The first kappa shape index (κ1) is 8.88. The van der Waals surface area contributed by atoms with Crippen LogP contribution in [0.15, 0.2) is 24.3 Å². The third-order valence-electron chi connectivity index (χ3n) is 1.52. The van der Waals surface area contributed by atoms with Crippen LogP contribution in [0.25, 0.3) is 0 Å². The Kier molecular flexibility index (Phi) is 4.11. The molecule has 0 radical (unpaired) electrons. The van der Waals surface area contributed by atoms with Crippen LogP contribution in [-0.4, -0.2) is 0 Å². The van der Waals surface area contributed by atoms with E-state index >= 15 is 0 Å². The number of benzene rings is 1. The molecule has 0 nitrogen and oxygen atoms in total. The molecular formula is C9H12Xe. The van der Waals surface area contributed by atoms with Gasteiger partial charge in [-0.25, -0.2) is 0 Å². The van der Waals surface area contributed by atoms with Gasteiger partial charge in [-0.3, -0.25) is 0 Å². The fourth-order valence-corrected chi connectivity index (χ4v) is 2.45. The van der Waals surface area contributed by atoms with Gasteiger partial charge in [-0.05, 0) is 0 Å². The van der Waals surface area contributed by atoms with Crippen molar-refractivity contribution in [2.45, 2.75) is 9.20 Å². The summed E-state index contributed by atoms with van der Waals surface area (Å²) in [7, 11) is 0. The quantitative estimate of drug-likeness (QED) is 0.758. The zero-order chi connectivity index (χ0) is 7.40. The second kappa shape index (κ2) is 4.63. The molecule has 0 N–H and O–H groups in total. The summed E-state index contributed by atoms with van der Waals surface area (Å²) < 4.78 is 3.61. The summed E-state index contributed by atoms with van der Waals surface area (Å²) >= 11 is 0.563. The van der Waals surface area contributed by atoms with Gasteiger partial charge in [0.2, 0.25) is 0 Å². The van der Waals surface area contributed by atoms with Crippen molar-refractivity contribution in [3.8, 4) is 0 Å². The first-order valence-corrected chi connectivity index (χ1v) is 6.73. The first-order valence-electron chi connectivity index (χ1n) is 3.28.